The third-order valence-electron chi connectivity index (χ3n) is 3.79. The fraction of sp³-hybridized carbons (Fsp3) is 0.600. The molecule has 1 aliphatic heterocycles. The second-order valence-corrected chi connectivity index (χ2v) is 5.67. The highest BCUT2D eigenvalue weighted by Crippen LogP contribution is 2.36. The zero-order valence-corrected chi connectivity index (χ0v) is 12.0. The first-order valence-corrected chi connectivity index (χ1v) is 6.83. The van der Waals surface area contributed by atoms with Crippen molar-refractivity contribution in [1.82, 2.24) is 5.43 Å². The molecule has 1 atom stereocenters. The van der Waals surface area contributed by atoms with E-state index in [4.69, 9.17) is 15.3 Å². The minimum atomic E-state index is -0.228. The van der Waals surface area contributed by atoms with E-state index in [9.17, 15) is 0 Å². The van der Waals surface area contributed by atoms with Crippen LogP contribution in [0.5, 0.6) is 5.75 Å². The molecule has 106 valence electrons. The van der Waals surface area contributed by atoms with Gasteiger partial charge < -0.3 is 9.47 Å². The summed E-state index contributed by atoms with van der Waals surface area (Å²) in [5.74, 6) is 6.74. The number of hydrazine groups is 1. The van der Waals surface area contributed by atoms with E-state index in [0.29, 0.717) is 0 Å². The first-order chi connectivity index (χ1) is 9.07. The molecule has 0 radical (unpaired) electrons. The SMILES string of the molecule is COC(C)(C)CC(NN)c1cccc2c1OCCC2. The maximum absolute atomic E-state index is 5.85. The fourth-order valence-electron chi connectivity index (χ4n) is 2.52. The number of fused-ring (bicyclic) bond motifs is 1. The van der Waals surface area contributed by atoms with Gasteiger partial charge in [-0.1, -0.05) is 18.2 Å². The Balaban J connectivity index is 2.28. The van der Waals surface area contributed by atoms with Gasteiger partial charge >= 0.3 is 0 Å². The maximum atomic E-state index is 5.85. The summed E-state index contributed by atoms with van der Waals surface area (Å²) in [6, 6.07) is 6.32. The molecular weight excluding hydrogens is 240 g/mol. The van der Waals surface area contributed by atoms with Crippen LogP contribution in [-0.4, -0.2) is 19.3 Å². The molecule has 0 amide bonds. The van der Waals surface area contributed by atoms with Crippen LogP contribution in [0.1, 0.15) is 43.9 Å². The Kier molecular flexibility index (Phi) is 4.45. The van der Waals surface area contributed by atoms with E-state index in [-0.39, 0.29) is 11.6 Å². The van der Waals surface area contributed by atoms with Gasteiger partial charge in [0.15, 0.2) is 0 Å². The zero-order chi connectivity index (χ0) is 13.9. The number of aryl methyl sites for hydroxylation is 1. The van der Waals surface area contributed by atoms with E-state index >= 15 is 0 Å². The van der Waals surface area contributed by atoms with Crippen molar-refractivity contribution in [2.24, 2.45) is 5.84 Å². The van der Waals surface area contributed by atoms with Crippen LogP contribution >= 0.6 is 0 Å². The van der Waals surface area contributed by atoms with Crippen molar-refractivity contribution in [3.63, 3.8) is 0 Å². The van der Waals surface area contributed by atoms with Crippen LogP contribution in [-0.2, 0) is 11.2 Å². The van der Waals surface area contributed by atoms with Crippen LogP contribution in [0.2, 0.25) is 0 Å². The molecule has 0 aliphatic carbocycles. The van der Waals surface area contributed by atoms with Crippen molar-refractivity contribution >= 4 is 0 Å². The second kappa shape index (κ2) is 5.90. The molecule has 0 bridgehead atoms. The fourth-order valence-corrected chi connectivity index (χ4v) is 2.52. The average molecular weight is 264 g/mol. The van der Waals surface area contributed by atoms with Crippen molar-refractivity contribution < 1.29 is 9.47 Å². The molecule has 4 nitrogen and oxygen atoms in total. The maximum Gasteiger partial charge on any atom is 0.127 e. The standard InChI is InChI=1S/C15H24N2O2/c1-15(2,18-3)10-13(17-16)12-8-4-6-11-7-5-9-19-14(11)12/h4,6,8,13,17H,5,7,9-10,16H2,1-3H3. The number of methoxy groups -OCH3 is 1. The molecule has 19 heavy (non-hydrogen) atoms. The van der Waals surface area contributed by atoms with Crippen molar-refractivity contribution in [2.45, 2.75) is 44.8 Å². The van der Waals surface area contributed by atoms with E-state index in [2.05, 4.69) is 37.5 Å². The highest BCUT2D eigenvalue weighted by molar-refractivity contribution is 5.44. The predicted molar refractivity (Wildman–Crippen MR) is 76.0 cm³/mol. The normalized spacial score (nSPS) is 16.6. The molecule has 0 saturated heterocycles. The predicted octanol–water partition coefficient (Wildman–Crippen LogP) is 2.33. The quantitative estimate of drug-likeness (QED) is 0.633. The van der Waals surface area contributed by atoms with Gasteiger partial charge in [0.2, 0.25) is 0 Å². The molecule has 0 aromatic heterocycles. The first kappa shape index (κ1) is 14.3. The van der Waals surface area contributed by atoms with Gasteiger partial charge in [-0.15, -0.1) is 0 Å². The van der Waals surface area contributed by atoms with Crippen LogP contribution < -0.4 is 16.0 Å². The van der Waals surface area contributed by atoms with E-state index in [0.717, 1.165) is 37.2 Å². The van der Waals surface area contributed by atoms with E-state index in [1.54, 1.807) is 7.11 Å². The van der Waals surface area contributed by atoms with Crippen LogP contribution in [0.4, 0.5) is 0 Å². The van der Waals surface area contributed by atoms with Crippen LogP contribution in [0.3, 0.4) is 0 Å². The molecule has 2 rings (SSSR count). The highest BCUT2D eigenvalue weighted by atomic mass is 16.5. The van der Waals surface area contributed by atoms with Gasteiger partial charge in [0.25, 0.3) is 0 Å². The topological polar surface area (TPSA) is 56.5 Å². The van der Waals surface area contributed by atoms with Crippen molar-refractivity contribution in [3.8, 4) is 5.75 Å². The number of ether oxygens (including phenoxy) is 2. The molecule has 0 fully saturated rings. The lowest BCUT2D eigenvalue weighted by atomic mass is 9.91. The number of benzene rings is 1. The Hall–Kier alpha value is -1.10. The molecule has 4 heteroatoms. The third kappa shape index (κ3) is 3.26. The molecule has 0 spiro atoms. The number of para-hydroxylation sites is 1. The van der Waals surface area contributed by atoms with Gasteiger partial charge in [0.05, 0.1) is 18.2 Å². The van der Waals surface area contributed by atoms with E-state index in [1.165, 1.54) is 5.56 Å². The first-order valence-electron chi connectivity index (χ1n) is 6.83. The molecule has 3 N–H and O–H groups in total. The van der Waals surface area contributed by atoms with Crippen molar-refractivity contribution in [1.29, 1.82) is 0 Å². The Bertz CT molecular complexity index is 432. The summed E-state index contributed by atoms with van der Waals surface area (Å²) in [5.41, 5.74) is 5.08. The summed E-state index contributed by atoms with van der Waals surface area (Å²) in [4.78, 5) is 0. The van der Waals surface area contributed by atoms with Gasteiger partial charge in [-0.05, 0) is 38.7 Å². The van der Waals surface area contributed by atoms with E-state index in [1.807, 2.05) is 0 Å². The number of rotatable bonds is 5. The van der Waals surface area contributed by atoms with E-state index < -0.39 is 0 Å². The number of nitrogens with two attached hydrogens (primary N) is 1. The van der Waals surface area contributed by atoms with Gasteiger partial charge in [-0.25, -0.2) is 0 Å². The summed E-state index contributed by atoms with van der Waals surface area (Å²) < 4.78 is 11.3. The zero-order valence-electron chi connectivity index (χ0n) is 12.0. The number of hydrogen-bond acceptors (Lipinski definition) is 4. The largest absolute Gasteiger partial charge is 0.493 e. The summed E-state index contributed by atoms with van der Waals surface area (Å²) in [5, 5.41) is 0. The number of hydrogen-bond donors (Lipinski definition) is 2. The summed E-state index contributed by atoms with van der Waals surface area (Å²) >= 11 is 0. The molecule has 1 heterocycles. The lowest BCUT2D eigenvalue weighted by Gasteiger charge is -2.30. The molecule has 1 aromatic carbocycles. The molecular formula is C15H24N2O2. The van der Waals surface area contributed by atoms with Crippen molar-refractivity contribution in [2.75, 3.05) is 13.7 Å². The van der Waals surface area contributed by atoms with Crippen molar-refractivity contribution in [3.05, 3.63) is 29.3 Å². The molecule has 0 saturated carbocycles. The van der Waals surface area contributed by atoms with Gasteiger partial charge in [0.1, 0.15) is 5.75 Å². The molecule has 1 unspecified atom stereocenters. The molecule has 1 aromatic rings. The average Bonchev–Trinajstić information content (AvgIpc) is 2.44. The Morgan fingerprint density at radius 1 is 1.47 bits per heavy atom. The lowest BCUT2D eigenvalue weighted by Crippen LogP contribution is -2.36. The Morgan fingerprint density at radius 3 is 2.95 bits per heavy atom. The van der Waals surface area contributed by atoms with Crippen LogP contribution in [0.25, 0.3) is 0 Å². The monoisotopic (exact) mass is 264 g/mol. The summed E-state index contributed by atoms with van der Waals surface area (Å²) in [6.45, 7) is 4.91. The van der Waals surface area contributed by atoms with Gasteiger partial charge in [-0.3, -0.25) is 11.3 Å². The third-order valence-corrected chi connectivity index (χ3v) is 3.79. The molecule has 1 aliphatic rings. The summed E-state index contributed by atoms with van der Waals surface area (Å²) in [6.07, 6.45) is 2.95. The Morgan fingerprint density at radius 2 is 2.26 bits per heavy atom. The minimum absolute atomic E-state index is 0.0306. The highest BCUT2D eigenvalue weighted by Gasteiger charge is 2.27. The minimum Gasteiger partial charge on any atom is -0.493 e. The Labute approximate surface area is 115 Å². The number of nitrogens with one attached hydrogen (secondary N) is 1. The lowest BCUT2D eigenvalue weighted by molar-refractivity contribution is 0.00657. The van der Waals surface area contributed by atoms with Crippen LogP contribution in [0.15, 0.2) is 18.2 Å². The van der Waals surface area contributed by atoms with Gasteiger partial charge in [-0.2, -0.15) is 0 Å². The van der Waals surface area contributed by atoms with Crippen LogP contribution in [0, 0.1) is 0 Å². The summed E-state index contributed by atoms with van der Waals surface area (Å²) in [7, 11) is 1.73. The smallest absolute Gasteiger partial charge is 0.127 e. The second-order valence-electron chi connectivity index (χ2n) is 5.67. The van der Waals surface area contributed by atoms with Gasteiger partial charge in [0, 0.05) is 12.7 Å².